The molecule has 7 heteroatoms. The van der Waals surface area contributed by atoms with E-state index in [-0.39, 0.29) is 5.92 Å². The Morgan fingerprint density at radius 1 is 1.32 bits per heavy atom. The molecule has 2 unspecified atom stereocenters. The van der Waals surface area contributed by atoms with Crippen LogP contribution in [-0.2, 0) is 10.0 Å². The third-order valence-electron chi connectivity index (χ3n) is 5.06. The molecule has 1 fully saturated rings. The molecule has 1 saturated heterocycles. The summed E-state index contributed by atoms with van der Waals surface area (Å²) >= 11 is 0. The van der Waals surface area contributed by atoms with Crippen molar-refractivity contribution >= 4 is 10.0 Å². The van der Waals surface area contributed by atoms with E-state index in [2.05, 4.69) is 29.0 Å². The number of aromatic nitrogens is 3. The van der Waals surface area contributed by atoms with Gasteiger partial charge in [0.25, 0.3) is 0 Å². The van der Waals surface area contributed by atoms with Crippen molar-refractivity contribution in [2.24, 2.45) is 0 Å². The standard InChI is InChI=1S/C18H26N4O2S/c1-4-13(2)15-7-9-17(10-8-15)25(23,24)22-11-5-6-16(12-22)18-19-14(3)20-21-18/h7-10,13,16H,4-6,11-12H2,1-3H3,(H,19,20,21). The van der Waals surface area contributed by atoms with Crippen LogP contribution in [0.4, 0.5) is 0 Å². The van der Waals surface area contributed by atoms with Crippen molar-refractivity contribution in [2.75, 3.05) is 13.1 Å². The molecule has 0 amide bonds. The van der Waals surface area contributed by atoms with E-state index in [4.69, 9.17) is 0 Å². The summed E-state index contributed by atoms with van der Waals surface area (Å²) in [5.74, 6) is 1.96. The fourth-order valence-corrected chi connectivity index (χ4v) is 4.79. The van der Waals surface area contributed by atoms with Crippen molar-refractivity contribution in [1.82, 2.24) is 19.5 Å². The molecule has 6 nitrogen and oxygen atoms in total. The maximum absolute atomic E-state index is 13.0. The molecule has 1 aliphatic heterocycles. The monoisotopic (exact) mass is 362 g/mol. The lowest BCUT2D eigenvalue weighted by atomic mass is 9.99. The van der Waals surface area contributed by atoms with Gasteiger partial charge in [0.1, 0.15) is 5.82 Å². The molecule has 0 saturated carbocycles. The zero-order chi connectivity index (χ0) is 18.0. The maximum Gasteiger partial charge on any atom is 0.243 e. The Hall–Kier alpha value is -1.73. The first-order valence-electron chi connectivity index (χ1n) is 8.90. The molecule has 0 bridgehead atoms. The van der Waals surface area contributed by atoms with Gasteiger partial charge >= 0.3 is 0 Å². The van der Waals surface area contributed by atoms with Gasteiger partial charge in [-0.3, -0.25) is 5.10 Å². The molecular weight excluding hydrogens is 336 g/mol. The van der Waals surface area contributed by atoms with Crippen LogP contribution < -0.4 is 0 Å². The molecule has 0 aliphatic carbocycles. The van der Waals surface area contributed by atoms with Crippen LogP contribution in [0.2, 0.25) is 0 Å². The van der Waals surface area contributed by atoms with Crippen molar-refractivity contribution in [3.8, 4) is 0 Å². The molecule has 3 rings (SSSR count). The fraction of sp³-hybridized carbons (Fsp3) is 0.556. The van der Waals surface area contributed by atoms with Gasteiger partial charge in [0.2, 0.25) is 10.0 Å². The molecule has 136 valence electrons. The number of benzene rings is 1. The van der Waals surface area contributed by atoms with E-state index in [0.717, 1.165) is 25.1 Å². The van der Waals surface area contributed by atoms with Gasteiger partial charge in [-0.05, 0) is 49.8 Å². The number of hydrogen-bond donors (Lipinski definition) is 1. The maximum atomic E-state index is 13.0. The van der Waals surface area contributed by atoms with Gasteiger partial charge in [0.15, 0.2) is 5.82 Å². The van der Waals surface area contributed by atoms with Crippen LogP contribution in [0.1, 0.15) is 62.2 Å². The van der Waals surface area contributed by atoms with Gasteiger partial charge in [-0.25, -0.2) is 13.4 Å². The quantitative estimate of drug-likeness (QED) is 0.886. The molecule has 2 atom stereocenters. The lowest BCUT2D eigenvalue weighted by Crippen LogP contribution is -2.39. The molecule has 0 radical (unpaired) electrons. The highest BCUT2D eigenvalue weighted by Crippen LogP contribution is 2.29. The van der Waals surface area contributed by atoms with Crippen molar-refractivity contribution in [3.63, 3.8) is 0 Å². The van der Waals surface area contributed by atoms with Crippen molar-refractivity contribution < 1.29 is 8.42 Å². The summed E-state index contributed by atoms with van der Waals surface area (Å²) in [7, 11) is -3.48. The molecule has 0 spiro atoms. The van der Waals surface area contributed by atoms with E-state index in [9.17, 15) is 8.42 Å². The van der Waals surface area contributed by atoms with Gasteiger partial charge in [-0.2, -0.15) is 9.40 Å². The van der Waals surface area contributed by atoms with Gasteiger partial charge < -0.3 is 0 Å². The van der Waals surface area contributed by atoms with Crippen LogP contribution in [0, 0.1) is 6.92 Å². The number of nitrogens with one attached hydrogen (secondary N) is 1. The summed E-state index contributed by atoms with van der Waals surface area (Å²) in [5.41, 5.74) is 1.18. The molecule has 1 N–H and O–H groups in total. The molecule has 1 aliphatic rings. The van der Waals surface area contributed by atoms with E-state index in [0.29, 0.717) is 29.7 Å². The number of aryl methyl sites for hydroxylation is 1. The predicted octanol–water partition coefficient (Wildman–Crippen LogP) is 3.19. The third-order valence-corrected chi connectivity index (χ3v) is 6.94. The zero-order valence-electron chi connectivity index (χ0n) is 15.1. The topological polar surface area (TPSA) is 79.0 Å². The van der Waals surface area contributed by atoms with Crippen molar-refractivity contribution in [3.05, 3.63) is 41.5 Å². The van der Waals surface area contributed by atoms with E-state index in [1.165, 1.54) is 5.56 Å². The molecule has 2 aromatic rings. The normalized spacial score (nSPS) is 20.5. The first-order valence-corrected chi connectivity index (χ1v) is 10.3. The number of rotatable bonds is 5. The smallest absolute Gasteiger partial charge is 0.243 e. The van der Waals surface area contributed by atoms with Crippen LogP contribution in [0.5, 0.6) is 0 Å². The number of sulfonamides is 1. The van der Waals surface area contributed by atoms with Gasteiger partial charge in [-0.15, -0.1) is 0 Å². The Labute approximate surface area is 149 Å². The number of hydrogen-bond acceptors (Lipinski definition) is 4. The molecule has 1 aromatic carbocycles. The number of aromatic amines is 1. The van der Waals surface area contributed by atoms with Gasteiger partial charge in [-0.1, -0.05) is 26.0 Å². The second-order valence-corrected chi connectivity index (χ2v) is 8.80. The minimum absolute atomic E-state index is 0.0489. The lowest BCUT2D eigenvalue weighted by molar-refractivity contribution is 0.309. The Bertz CT molecular complexity index is 814. The van der Waals surface area contributed by atoms with Crippen LogP contribution in [0.3, 0.4) is 0 Å². The van der Waals surface area contributed by atoms with Crippen LogP contribution in [0.25, 0.3) is 0 Å². The van der Waals surface area contributed by atoms with Crippen molar-refractivity contribution in [2.45, 2.75) is 56.8 Å². The lowest BCUT2D eigenvalue weighted by Gasteiger charge is -2.30. The number of piperidine rings is 1. The summed E-state index contributed by atoms with van der Waals surface area (Å²) in [4.78, 5) is 4.74. The minimum atomic E-state index is -3.48. The summed E-state index contributed by atoms with van der Waals surface area (Å²) in [6, 6.07) is 7.33. The van der Waals surface area contributed by atoms with E-state index >= 15 is 0 Å². The van der Waals surface area contributed by atoms with Crippen LogP contribution in [0.15, 0.2) is 29.2 Å². The summed E-state index contributed by atoms with van der Waals surface area (Å²) in [5, 5.41) is 7.06. The molecule has 25 heavy (non-hydrogen) atoms. The Morgan fingerprint density at radius 2 is 2.04 bits per heavy atom. The first-order chi connectivity index (χ1) is 11.9. The fourth-order valence-electron chi connectivity index (χ4n) is 3.27. The summed E-state index contributed by atoms with van der Waals surface area (Å²) in [6.45, 7) is 7.13. The summed E-state index contributed by atoms with van der Waals surface area (Å²) in [6.07, 6.45) is 2.77. The highest BCUT2D eigenvalue weighted by Gasteiger charge is 2.32. The molecule has 1 aromatic heterocycles. The van der Waals surface area contributed by atoms with E-state index < -0.39 is 10.0 Å². The van der Waals surface area contributed by atoms with Crippen LogP contribution in [-0.4, -0.2) is 41.0 Å². The zero-order valence-corrected chi connectivity index (χ0v) is 15.9. The van der Waals surface area contributed by atoms with E-state index in [1.807, 2.05) is 19.1 Å². The molecular formula is C18H26N4O2S. The van der Waals surface area contributed by atoms with Gasteiger partial charge in [0, 0.05) is 19.0 Å². The first kappa shape index (κ1) is 18.1. The highest BCUT2D eigenvalue weighted by molar-refractivity contribution is 7.89. The summed E-state index contributed by atoms with van der Waals surface area (Å²) < 4.78 is 27.6. The second kappa shape index (κ2) is 7.25. The van der Waals surface area contributed by atoms with Crippen LogP contribution >= 0.6 is 0 Å². The van der Waals surface area contributed by atoms with Gasteiger partial charge in [0.05, 0.1) is 4.90 Å². The number of nitrogens with zero attached hydrogens (tertiary/aromatic N) is 3. The SMILES string of the molecule is CCC(C)c1ccc(S(=O)(=O)N2CCCC(c3n[nH]c(C)n3)C2)cc1. The second-order valence-electron chi connectivity index (χ2n) is 6.86. The largest absolute Gasteiger partial charge is 0.263 e. The molecule has 2 heterocycles. The Balaban J connectivity index is 1.79. The predicted molar refractivity (Wildman–Crippen MR) is 97.0 cm³/mol. The number of H-pyrrole nitrogens is 1. The average Bonchev–Trinajstić information content (AvgIpc) is 3.07. The average molecular weight is 362 g/mol. The minimum Gasteiger partial charge on any atom is -0.263 e. The Morgan fingerprint density at radius 3 is 2.64 bits per heavy atom. The third kappa shape index (κ3) is 3.77. The Kier molecular flexibility index (Phi) is 5.24. The highest BCUT2D eigenvalue weighted by atomic mass is 32.2. The van der Waals surface area contributed by atoms with E-state index in [1.54, 1.807) is 16.4 Å². The van der Waals surface area contributed by atoms with Crippen molar-refractivity contribution in [1.29, 1.82) is 0 Å².